The van der Waals surface area contributed by atoms with E-state index in [1.165, 1.54) is 11.1 Å². The van der Waals surface area contributed by atoms with Crippen LogP contribution in [0.15, 0.2) is 72.8 Å². The number of benzene rings is 3. The maximum Gasteiger partial charge on any atom is 0.141 e. The first-order valence-electron chi connectivity index (χ1n) is 8.40. The van der Waals surface area contributed by atoms with Gasteiger partial charge in [0.15, 0.2) is 0 Å². The van der Waals surface area contributed by atoms with Gasteiger partial charge in [-0.3, -0.25) is 0 Å². The van der Waals surface area contributed by atoms with Crippen LogP contribution in [0.2, 0.25) is 0 Å². The lowest BCUT2D eigenvalue weighted by atomic mass is 10.1. The van der Waals surface area contributed by atoms with Crippen LogP contribution < -0.4 is 4.74 Å². The van der Waals surface area contributed by atoms with Crippen molar-refractivity contribution in [3.8, 4) is 17.1 Å². The second-order valence-corrected chi connectivity index (χ2v) is 6.23. The van der Waals surface area contributed by atoms with E-state index in [4.69, 9.17) is 9.72 Å². The van der Waals surface area contributed by atoms with Gasteiger partial charge in [-0.2, -0.15) is 0 Å². The van der Waals surface area contributed by atoms with Gasteiger partial charge in [-0.15, -0.1) is 0 Å². The quantitative estimate of drug-likeness (QED) is 0.523. The van der Waals surface area contributed by atoms with Crippen molar-refractivity contribution in [2.24, 2.45) is 0 Å². The Morgan fingerprint density at radius 1 is 0.920 bits per heavy atom. The Morgan fingerprint density at radius 2 is 1.72 bits per heavy atom. The number of hydrogen-bond acceptors (Lipinski definition) is 2. The lowest BCUT2D eigenvalue weighted by molar-refractivity contribution is 0.414. The van der Waals surface area contributed by atoms with Gasteiger partial charge in [0.2, 0.25) is 0 Å². The van der Waals surface area contributed by atoms with E-state index in [-0.39, 0.29) is 0 Å². The molecule has 0 aliphatic heterocycles. The van der Waals surface area contributed by atoms with Gasteiger partial charge in [0, 0.05) is 12.1 Å². The lowest BCUT2D eigenvalue weighted by Gasteiger charge is -2.11. The number of hydrogen-bond donors (Lipinski definition) is 0. The van der Waals surface area contributed by atoms with Crippen LogP contribution in [0.5, 0.6) is 5.75 Å². The van der Waals surface area contributed by atoms with Crippen molar-refractivity contribution in [2.45, 2.75) is 13.5 Å². The molecule has 0 N–H and O–H groups in total. The smallest absolute Gasteiger partial charge is 0.141 e. The Kier molecular flexibility index (Phi) is 3.98. The number of fused-ring (bicyclic) bond motifs is 1. The predicted molar refractivity (Wildman–Crippen MR) is 102 cm³/mol. The van der Waals surface area contributed by atoms with Crippen LogP contribution in [0, 0.1) is 6.92 Å². The van der Waals surface area contributed by atoms with Crippen molar-refractivity contribution in [3.63, 3.8) is 0 Å². The van der Waals surface area contributed by atoms with Crippen LogP contribution >= 0.6 is 0 Å². The first kappa shape index (κ1) is 15.5. The van der Waals surface area contributed by atoms with Crippen LogP contribution in [-0.2, 0) is 6.54 Å². The summed E-state index contributed by atoms with van der Waals surface area (Å²) < 4.78 is 7.64. The minimum absolute atomic E-state index is 0.751. The van der Waals surface area contributed by atoms with Crippen molar-refractivity contribution in [1.82, 2.24) is 9.55 Å². The van der Waals surface area contributed by atoms with Gasteiger partial charge >= 0.3 is 0 Å². The average Bonchev–Trinajstić information content (AvgIpc) is 3.01. The summed E-state index contributed by atoms with van der Waals surface area (Å²) in [6.07, 6.45) is 0. The molecule has 0 saturated carbocycles. The SMILES string of the molecule is COc1cccc(Cn2c(-c3ccc(C)cc3)nc3ccccc32)c1. The molecule has 0 aliphatic rings. The number of nitrogens with zero attached hydrogens (tertiary/aromatic N) is 2. The molecule has 0 fully saturated rings. The van der Waals surface area contributed by atoms with Gasteiger partial charge < -0.3 is 9.30 Å². The van der Waals surface area contributed by atoms with E-state index in [9.17, 15) is 0 Å². The van der Waals surface area contributed by atoms with Gasteiger partial charge in [0.1, 0.15) is 11.6 Å². The summed E-state index contributed by atoms with van der Waals surface area (Å²) in [7, 11) is 1.70. The fourth-order valence-corrected chi connectivity index (χ4v) is 3.11. The summed E-state index contributed by atoms with van der Waals surface area (Å²) in [5, 5.41) is 0. The molecule has 1 heterocycles. The van der Waals surface area contributed by atoms with E-state index in [1.807, 2.05) is 18.2 Å². The summed E-state index contributed by atoms with van der Waals surface area (Å²) in [5.41, 5.74) is 5.72. The highest BCUT2D eigenvalue weighted by Gasteiger charge is 2.13. The Morgan fingerprint density at radius 3 is 2.52 bits per heavy atom. The second kappa shape index (κ2) is 6.44. The normalized spacial score (nSPS) is 11.0. The highest BCUT2D eigenvalue weighted by atomic mass is 16.5. The van der Waals surface area contributed by atoms with E-state index in [0.717, 1.165) is 34.7 Å². The molecule has 3 nitrogen and oxygen atoms in total. The van der Waals surface area contributed by atoms with Crippen molar-refractivity contribution in [3.05, 3.63) is 83.9 Å². The molecule has 0 spiro atoms. The van der Waals surface area contributed by atoms with Crippen molar-refractivity contribution < 1.29 is 4.74 Å². The molecule has 3 aromatic carbocycles. The highest BCUT2D eigenvalue weighted by molar-refractivity contribution is 5.80. The van der Waals surface area contributed by atoms with Gasteiger partial charge in [-0.05, 0) is 36.8 Å². The van der Waals surface area contributed by atoms with Gasteiger partial charge in [-0.1, -0.05) is 54.1 Å². The number of rotatable bonds is 4. The van der Waals surface area contributed by atoms with Crippen molar-refractivity contribution in [1.29, 1.82) is 0 Å². The molecule has 3 heteroatoms. The van der Waals surface area contributed by atoms with Crippen molar-refractivity contribution in [2.75, 3.05) is 7.11 Å². The molecule has 124 valence electrons. The van der Waals surface area contributed by atoms with Gasteiger partial charge in [0.25, 0.3) is 0 Å². The number of methoxy groups -OCH3 is 1. The molecule has 1 aromatic heterocycles. The Hall–Kier alpha value is -3.07. The minimum atomic E-state index is 0.751. The predicted octanol–water partition coefficient (Wildman–Crippen LogP) is 5.07. The third-order valence-corrected chi connectivity index (χ3v) is 4.44. The maximum atomic E-state index is 5.36. The first-order chi connectivity index (χ1) is 12.2. The molecule has 0 bridgehead atoms. The summed E-state index contributed by atoms with van der Waals surface area (Å²) in [5.74, 6) is 1.86. The largest absolute Gasteiger partial charge is 0.497 e. The molecule has 0 aliphatic carbocycles. The molecule has 0 radical (unpaired) electrons. The summed E-state index contributed by atoms with van der Waals surface area (Å²) >= 11 is 0. The standard InChI is InChI=1S/C22H20N2O/c1-16-10-12-18(13-11-16)22-23-20-8-3-4-9-21(20)24(22)15-17-6-5-7-19(14-17)25-2/h3-14H,15H2,1-2H3. The van der Waals surface area contributed by atoms with E-state index >= 15 is 0 Å². The van der Waals surface area contributed by atoms with Crippen LogP contribution in [0.3, 0.4) is 0 Å². The van der Waals surface area contributed by atoms with Crippen molar-refractivity contribution >= 4 is 11.0 Å². The Balaban J connectivity index is 1.85. The minimum Gasteiger partial charge on any atom is -0.497 e. The summed E-state index contributed by atoms with van der Waals surface area (Å²) in [6.45, 7) is 2.85. The molecular formula is C22H20N2O. The van der Waals surface area contributed by atoms with Crippen LogP contribution in [0.4, 0.5) is 0 Å². The lowest BCUT2D eigenvalue weighted by Crippen LogP contribution is -2.02. The topological polar surface area (TPSA) is 27.1 Å². The third-order valence-electron chi connectivity index (χ3n) is 4.44. The number of para-hydroxylation sites is 2. The third kappa shape index (κ3) is 3.01. The van der Waals surface area contributed by atoms with Gasteiger partial charge in [-0.25, -0.2) is 4.98 Å². The monoisotopic (exact) mass is 328 g/mol. The molecular weight excluding hydrogens is 308 g/mol. The molecule has 4 rings (SSSR count). The highest BCUT2D eigenvalue weighted by Crippen LogP contribution is 2.26. The number of aromatic nitrogens is 2. The molecule has 4 aromatic rings. The van der Waals surface area contributed by atoms with E-state index in [1.54, 1.807) is 7.11 Å². The van der Waals surface area contributed by atoms with E-state index in [2.05, 4.69) is 66.1 Å². The Bertz CT molecular complexity index is 1020. The number of imidazole rings is 1. The summed E-state index contributed by atoms with van der Waals surface area (Å²) in [6, 6.07) is 25.0. The van der Waals surface area contributed by atoms with Crippen LogP contribution in [0.25, 0.3) is 22.4 Å². The van der Waals surface area contributed by atoms with E-state index in [0.29, 0.717) is 0 Å². The fourth-order valence-electron chi connectivity index (χ4n) is 3.11. The zero-order valence-corrected chi connectivity index (χ0v) is 14.4. The maximum absolute atomic E-state index is 5.36. The van der Waals surface area contributed by atoms with Gasteiger partial charge in [0.05, 0.1) is 18.1 Å². The molecule has 0 amide bonds. The molecule has 0 unspecified atom stereocenters. The second-order valence-electron chi connectivity index (χ2n) is 6.23. The summed E-state index contributed by atoms with van der Waals surface area (Å²) in [4.78, 5) is 4.88. The number of ether oxygens (including phenoxy) is 1. The molecule has 0 saturated heterocycles. The molecule has 25 heavy (non-hydrogen) atoms. The Labute approximate surface area is 147 Å². The van der Waals surface area contributed by atoms with Crippen LogP contribution in [0.1, 0.15) is 11.1 Å². The molecule has 0 atom stereocenters. The fraction of sp³-hybridized carbons (Fsp3) is 0.136. The zero-order valence-electron chi connectivity index (χ0n) is 14.4. The zero-order chi connectivity index (χ0) is 17.2. The first-order valence-corrected chi connectivity index (χ1v) is 8.40. The van der Waals surface area contributed by atoms with Crippen LogP contribution in [-0.4, -0.2) is 16.7 Å². The number of aryl methyl sites for hydroxylation is 1. The average molecular weight is 328 g/mol. The van der Waals surface area contributed by atoms with E-state index < -0.39 is 0 Å².